The van der Waals surface area contributed by atoms with Crippen molar-refractivity contribution in [1.82, 2.24) is 0 Å². The Morgan fingerprint density at radius 2 is 2.18 bits per heavy atom. The summed E-state index contributed by atoms with van der Waals surface area (Å²) in [6.07, 6.45) is 10.6. The molecule has 0 heterocycles. The van der Waals surface area contributed by atoms with Gasteiger partial charge in [0.05, 0.1) is 0 Å². The smallest absolute Gasteiger partial charge is 0.290 e. The average molecular weight is 240 g/mol. The largest absolute Gasteiger partial charge is 0.483 e. The lowest BCUT2D eigenvalue weighted by molar-refractivity contribution is -0.122. The van der Waals surface area contributed by atoms with Crippen molar-refractivity contribution >= 4 is 6.47 Å². The Labute approximate surface area is 104 Å². The Balaban J connectivity index is 0.000000770. The molecule has 98 valence electrons. The molecule has 0 fully saturated rings. The third-order valence-corrected chi connectivity index (χ3v) is 2.80. The molecule has 1 aliphatic rings. The van der Waals surface area contributed by atoms with Gasteiger partial charge in [-0.3, -0.25) is 4.79 Å². The molecule has 0 amide bonds. The van der Waals surface area contributed by atoms with E-state index in [1.165, 1.54) is 31.3 Å². The Morgan fingerprint density at radius 3 is 2.71 bits per heavy atom. The van der Waals surface area contributed by atoms with Crippen LogP contribution in [0.4, 0.5) is 0 Å². The van der Waals surface area contributed by atoms with Gasteiger partial charge < -0.3 is 10.2 Å². The summed E-state index contributed by atoms with van der Waals surface area (Å²) in [7, 11) is 0. The third-order valence-electron chi connectivity index (χ3n) is 2.80. The standard InChI is InChI=1S/C13H22O.CH2O2/c1-11(2)5-3-6-12-7-4-8-13(9-12)10-14;2-1-3/h5,9,13-14H,3-4,6-8,10H2,1-2H3;1H,(H,2,3). The van der Waals surface area contributed by atoms with Gasteiger partial charge in [-0.1, -0.05) is 23.3 Å². The van der Waals surface area contributed by atoms with Crippen LogP contribution in [-0.2, 0) is 4.79 Å². The van der Waals surface area contributed by atoms with Crippen molar-refractivity contribution in [2.45, 2.75) is 46.0 Å². The highest BCUT2D eigenvalue weighted by molar-refractivity contribution is 5.32. The normalized spacial score (nSPS) is 18.5. The molecule has 0 saturated heterocycles. The fourth-order valence-electron chi connectivity index (χ4n) is 1.99. The Hall–Kier alpha value is -1.09. The second kappa shape index (κ2) is 10.1. The quantitative estimate of drug-likeness (QED) is 0.586. The number of aliphatic hydroxyl groups excluding tert-OH is 1. The predicted octanol–water partition coefficient (Wildman–Crippen LogP) is 3.15. The monoisotopic (exact) mass is 240 g/mol. The van der Waals surface area contributed by atoms with Crippen LogP contribution in [0.15, 0.2) is 23.3 Å². The van der Waals surface area contributed by atoms with Crippen LogP contribution in [0.2, 0.25) is 0 Å². The number of hydrogen-bond acceptors (Lipinski definition) is 2. The first-order valence-corrected chi connectivity index (χ1v) is 6.15. The minimum Gasteiger partial charge on any atom is -0.483 e. The summed E-state index contributed by atoms with van der Waals surface area (Å²) in [5, 5.41) is 16.0. The molecule has 0 aromatic heterocycles. The number of hydrogen-bond donors (Lipinski definition) is 2. The van der Waals surface area contributed by atoms with E-state index in [9.17, 15) is 0 Å². The van der Waals surface area contributed by atoms with Crippen LogP contribution < -0.4 is 0 Å². The van der Waals surface area contributed by atoms with Crippen molar-refractivity contribution in [3.05, 3.63) is 23.3 Å². The van der Waals surface area contributed by atoms with E-state index >= 15 is 0 Å². The van der Waals surface area contributed by atoms with Crippen molar-refractivity contribution in [3.63, 3.8) is 0 Å². The van der Waals surface area contributed by atoms with E-state index in [1.54, 1.807) is 5.57 Å². The summed E-state index contributed by atoms with van der Waals surface area (Å²) in [5.74, 6) is 0.436. The first kappa shape index (κ1) is 15.9. The molecule has 0 saturated carbocycles. The molecule has 0 aromatic carbocycles. The van der Waals surface area contributed by atoms with Gasteiger partial charge in [0.25, 0.3) is 6.47 Å². The maximum atomic E-state index is 9.07. The molecule has 1 aliphatic carbocycles. The van der Waals surface area contributed by atoms with Gasteiger partial charge >= 0.3 is 0 Å². The number of aliphatic hydroxyl groups is 1. The van der Waals surface area contributed by atoms with E-state index < -0.39 is 0 Å². The summed E-state index contributed by atoms with van der Waals surface area (Å²) in [5.41, 5.74) is 2.95. The average Bonchev–Trinajstić information content (AvgIpc) is 2.30. The van der Waals surface area contributed by atoms with Crippen LogP contribution in [0.25, 0.3) is 0 Å². The molecule has 0 aliphatic heterocycles. The highest BCUT2D eigenvalue weighted by Crippen LogP contribution is 2.25. The molecular weight excluding hydrogens is 216 g/mol. The van der Waals surface area contributed by atoms with E-state index in [2.05, 4.69) is 26.0 Å². The lowest BCUT2D eigenvalue weighted by Crippen LogP contribution is -2.08. The molecule has 0 aromatic rings. The Morgan fingerprint density at radius 1 is 1.53 bits per heavy atom. The fraction of sp³-hybridized carbons (Fsp3) is 0.643. The summed E-state index contributed by atoms with van der Waals surface area (Å²) in [6, 6.07) is 0. The first-order valence-electron chi connectivity index (χ1n) is 6.15. The molecule has 3 heteroatoms. The van der Waals surface area contributed by atoms with Gasteiger partial charge in [0, 0.05) is 12.5 Å². The maximum Gasteiger partial charge on any atom is 0.290 e. The molecule has 2 N–H and O–H groups in total. The molecule has 0 radical (unpaired) electrons. The highest BCUT2D eigenvalue weighted by Gasteiger charge is 2.11. The van der Waals surface area contributed by atoms with Crippen LogP contribution in [0.1, 0.15) is 46.0 Å². The third kappa shape index (κ3) is 8.69. The van der Waals surface area contributed by atoms with Crippen molar-refractivity contribution < 1.29 is 15.0 Å². The minimum atomic E-state index is -0.250. The van der Waals surface area contributed by atoms with Gasteiger partial charge in [-0.25, -0.2) is 0 Å². The van der Waals surface area contributed by atoms with E-state index in [-0.39, 0.29) is 6.47 Å². The van der Waals surface area contributed by atoms with Gasteiger partial charge in [-0.2, -0.15) is 0 Å². The zero-order chi connectivity index (χ0) is 13.1. The maximum absolute atomic E-state index is 9.07. The number of rotatable bonds is 4. The molecule has 0 spiro atoms. The van der Waals surface area contributed by atoms with Crippen LogP contribution in [0.3, 0.4) is 0 Å². The number of allylic oxidation sites excluding steroid dienone is 3. The second-order valence-corrected chi connectivity index (χ2v) is 4.59. The predicted molar refractivity (Wildman–Crippen MR) is 69.9 cm³/mol. The SMILES string of the molecule is CC(C)=CCCC1=CC(CO)CCC1.O=CO. The fourth-order valence-corrected chi connectivity index (χ4v) is 1.99. The Kier molecular flexibility index (Phi) is 9.44. The highest BCUT2D eigenvalue weighted by atomic mass is 16.3. The van der Waals surface area contributed by atoms with Crippen LogP contribution >= 0.6 is 0 Å². The molecule has 1 unspecified atom stereocenters. The number of carboxylic acid groups (broad SMARTS) is 1. The van der Waals surface area contributed by atoms with E-state index in [4.69, 9.17) is 15.0 Å². The van der Waals surface area contributed by atoms with Crippen LogP contribution in [0.5, 0.6) is 0 Å². The number of carbonyl (C=O) groups is 1. The van der Waals surface area contributed by atoms with Crippen LogP contribution in [0, 0.1) is 5.92 Å². The molecule has 0 bridgehead atoms. The summed E-state index contributed by atoms with van der Waals surface area (Å²) < 4.78 is 0. The van der Waals surface area contributed by atoms with Crippen molar-refractivity contribution in [2.75, 3.05) is 6.61 Å². The van der Waals surface area contributed by atoms with E-state index in [0.29, 0.717) is 12.5 Å². The molecule has 1 rings (SSSR count). The summed E-state index contributed by atoms with van der Waals surface area (Å²) in [6.45, 7) is 4.36. The zero-order valence-electron chi connectivity index (χ0n) is 10.9. The van der Waals surface area contributed by atoms with Gasteiger partial charge in [-0.15, -0.1) is 0 Å². The van der Waals surface area contributed by atoms with Crippen molar-refractivity contribution in [1.29, 1.82) is 0 Å². The van der Waals surface area contributed by atoms with Crippen molar-refractivity contribution in [3.8, 4) is 0 Å². The van der Waals surface area contributed by atoms with Gasteiger partial charge in [-0.05, 0) is 46.0 Å². The lowest BCUT2D eigenvalue weighted by atomic mass is 9.89. The first-order chi connectivity index (χ1) is 8.13. The van der Waals surface area contributed by atoms with Gasteiger partial charge in [0.1, 0.15) is 0 Å². The lowest BCUT2D eigenvalue weighted by Gasteiger charge is -2.18. The molecule has 17 heavy (non-hydrogen) atoms. The summed E-state index contributed by atoms with van der Waals surface area (Å²) in [4.78, 5) is 8.36. The van der Waals surface area contributed by atoms with Gasteiger partial charge in [0.15, 0.2) is 0 Å². The van der Waals surface area contributed by atoms with Crippen LogP contribution in [-0.4, -0.2) is 23.3 Å². The summed E-state index contributed by atoms with van der Waals surface area (Å²) >= 11 is 0. The molecular formula is C14H24O3. The second-order valence-electron chi connectivity index (χ2n) is 4.59. The van der Waals surface area contributed by atoms with Gasteiger partial charge in [0.2, 0.25) is 0 Å². The molecule has 3 nitrogen and oxygen atoms in total. The van der Waals surface area contributed by atoms with Crippen molar-refractivity contribution in [2.24, 2.45) is 5.92 Å². The topological polar surface area (TPSA) is 57.5 Å². The molecule has 1 atom stereocenters. The minimum absolute atomic E-state index is 0.250. The Bertz CT molecular complexity index is 263. The van der Waals surface area contributed by atoms with E-state index in [0.717, 1.165) is 6.42 Å². The van der Waals surface area contributed by atoms with E-state index in [1.807, 2.05) is 0 Å². The zero-order valence-corrected chi connectivity index (χ0v) is 10.9.